The number of rotatable bonds is 6. The van der Waals surface area contributed by atoms with E-state index in [2.05, 4.69) is 10.3 Å². The Morgan fingerprint density at radius 2 is 2.00 bits per heavy atom. The highest BCUT2D eigenvalue weighted by Crippen LogP contribution is 2.44. The normalized spacial score (nSPS) is 15.1. The smallest absolute Gasteiger partial charge is 0.251 e. The van der Waals surface area contributed by atoms with E-state index < -0.39 is 0 Å². The zero-order chi connectivity index (χ0) is 15.4. The van der Waals surface area contributed by atoms with Crippen molar-refractivity contribution >= 4 is 5.91 Å². The van der Waals surface area contributed by atoms with Gasteiger partial charge in [-0.3, -0.25) is 9.78 Å². The summed E-state index contributed by atoms with van der Waals surface area (Å²) in [5.74, 6) is 1.17. The van der Waals surface area contributed by atoms with Gasteiger partial charge in [0.25, 0.3) is 5.91 Å². The maximum Gasteiger partial charge on any atom is 0.251 e. The van der Waals surface area contributed by atoms with Gasteiger partial charge in [0.2, 0.25) is 0 Å². The van der Waals surface area contributed by atoms with Crippen LogP contribution in [-0.4, -0.2) is 29.1 Å². The highest BCUT2D eigenvalue weighted by Gasteiger charge is 2.42. The first kappa shape index (κ1) is 14.5. The number of nitrogens with one attached hydrogen (secondary N) is 1. The Balaban J connectivity index is 1.58. The fourth-order valence-corrected chi connectivity index (χ4v) is 2.16. The number of amides is 1. The van der Waals surface area contributed by atoms with E-state index in [0.717, 1.165) is 12.8 Å². The molecule has 1 heterocycles. The lowest BCUT2D eigenvalue weighted by Gasteiger charge is -2.13. The number of aliphatic hydroxyl groups is 1. The molecule has 1 fully saturated rings. The minimum absolute atomic E-state index is 0.0843. The molecule has 0 aliphatic heterocycles. The molecule has 3 rings (SSSR count). The number of nitrogens with zero attached hydrogens (tertiary/aromatic N) is 1. The molecule has 0 atom stereocenters. The van der Waals surface area contributed by atoms with Gasteiger partial charge in [-0.15, -0.1) is 0 Å². The van der Waals surface area contributed by atoms with Crippen LogP contribution in [0.3, 0.4) is 0 Å². The second-order valence-corrected chi connectivity index (χ2v) is 5.66. The van der Waals surface area contributed by atoms with Crippen molar-refractivity contribution in [2.45, 2.75) is 12.8 Å². The van der Waals surface area contributed by atoms with Crippen LogP contribution in [0.1, 0.15) is 23.2 Å². The van der Waals surface area contributed by atoms with Gasteiger partial charge in [0.1, 0.15) is 11.5 Å². The van der Waals surface area contributed by atoms with Gasteiger partial charge in [0, 0.05) is 23.7 Å². The van der Waals surface area contributed by atoms with Crippen molar-refractivity contribution in [2.24, 2.45) is 5.41 Å². The molecule has 1 saturated carbocycles. The van der Waals surface area contributed by atoms with Gasteiger partial charge in [-0.05, 0) is 49.2 Å². The van der Waals surface area contributed by atoms with Gasteiger partial charge in [0.05, 0.1) is 12.8 Å². The van der Waals surface area contributed by atoms with Crippen LogP contribution in [0.15, 0.2) is 48.8 Å². The van der Waals surface area contributed by atoms with Crippen LogP contribution in [0.25, 0.3) is 0 Å². The van der Waals surface area contributed by atoms with Gasteiger partial charge in [-0.1, -0.05) is 0 Å². The third kappa shape index (κ3) is 3.43. The summed E-state index contributed by atoms with van der Waals surface area (Å²) >= 11 is 0. The molecule has 2 aromatic rings. The molecule has 0 bridgehead atoms. The molecule has 5 nitrogen and oxygen atoms in total. The monoisotopic (exact) mass is 298 g/mol. The SMILES string of the molecule is O=C(NCC1(CO)CC1)c1ccc(Oc2cccnc2)cc1. The molecule has 1 aromatic carbocycles. The molecule has 114 valence electrons. The van der Waals surface area contributed by atoms with Gasteiger partial charge >= 0.3 is 0 Å². The second-order valence-electron chi connectivity index (χ2n) is 5.66. The van der Waals surface area contributed by atoms with E-state index >= 15 is 0 Å². The number of hydrogen-bond donors (Lipinski definition) is 2. The molecule has 0 unspecified atom stereocenters. The van der Waals surface area contributed by atoms with E-state index in [1.807, 2.05) is 6.07 Å². The number of carbonyl (C=O) groups excluding carboxylic acids is 1. The lowest BCUT2D eigenvalue weighted by Crippen LogP contribution is -2.31. The maximum absolute atomic E-state index is 12.1. The van der Waals surface area contributed by atoms with Crippen LogP contribution in [0.2, 0.25) is 0 Å². The molecular formula is C17H18N2O3. The average molecular weight is 298 g/mol. The van der Waals surface area contributed by atoms with Crippen molar-refractivity contribution in [1.29, 1.82) is 0 Å². The topological polar surface area (TPSA) is 71.5 Å². The molecule has 0 radical (unpaired) electrons. The zero-order valence-electron chi connectivity index (χ0n) is 12.2. The van der Waals surface area contributed by atoms with E-state index in [1.54, 1.807) is 42.7 Å². The average Bonchev–Trinajstić information content (AvgIpc) is 3.35. The van der Waals surface area contributed by atoms with Crippen molar-refractivity contribution < 1.29 is 14.6 Å². The van der Waals surface area contributed by atoms with Crippen LogP contribution >= 0.6 is 0 Å². The van der Waals surface area contributed by atoms with Crippen LogP contribution in [-0.2, 0) is 0 Å². The number of ether oxygens (including phenoxy) is 1. The summed E-state index contributed by atoms with van der Waals surface area (Å²) in [6.45, 7) is 0.654. The molecule has 5 heteroatoms. The van der Waals surface area contributed by atoms with Gasteiger partial charge < -0.3 is 15.2 Å². The molecule has 1 aromatic heterocycles. The predicted octanol–water partition coefficient (Wildman–Crippen LogP) is 2.38. The molecule has 1 aliphatic rings. The summed E-state index contributed by atoms with van der Waals surface area (Å²) in [5.41, 5.74) is 0.492. The minimum Gasteiger partial charge on any atom is -0.456 e. The molecule has 2 N–H and O–H groups in total. The third-order valence-electron chi connectivity index (χ3n) is 3.90. The van der Waals surface area contributed by atoms with E-state index in [9.17, 15) is 9.90 Å². The minimum atomic E-state index is -0.132. The molecule has 1 aliphatic carbocycles. The van der Waals surface area contributed by atoms with E-state index in [1.165, 1.54) is 0 Å². The van der Waals surface area contributed by atoms with Crippen molar-refractivity contribution in [1.82, 2.24) is 10.3 Å². The Morgan fingerprint density at radius 1 is 1.23 bits per heavy atom. The molecule has 0 saturated heterocycles. The van der Waals surface area contributed by atoms with Gasteiger partial charge in [-0.25, -0.2) is 0 Å². The van der Waals surface area contributed by atoms with Gasteiger partial charge in [0.15, 0.2) is 0 Å². The third-order valence-corrected chi connectivity index (χ3v) is 3.90. The fraction of sp³-hybridized carbons (Fsp3) is 0.294. The summed E-state index contributed by atoms with van der Waals surface area (Å²) in [4.78, 5) is 16.0. The lowest BCUT2D eigenvalue weighted by molar-refractivity contribution is 0.0935. The Morgan fingerprint density at radius 3 is 2.59 bits per heavy atom. The summed E-state index contributed by atoms with van der Waals surface area (Å²) in [5, 5.41) is 12.1. The second kappa shape index (κ2) is 6.15. The zero-order valence-corrected chi connectivity index (χ0v) is 12.2. The van der Waals surface area contributed by atoms with Crippen molar-refractivity contribution in [2.75, 3.05) is 13.2 Å². The van der Waals surface area contributed by atoms with Crippen LogP contribution in [0, 0.1) is 5.41 Å². The van der Waals surface area contributed by atoms with E-state index in [4.69, 9.17) is 4.74 Å². The summed E-state index contributed by atoms with van der Waals surface area (Å²) in [6.07, 6.45) is 5.26. The Hall–Kier alpha value is -2.40. The Bertz CT molecular complexity index is 637. The fourth-order valence-electron chi connectivity index (χ4n) is 2.16. The van der Waals surface area contributed by atoms with E-state index in [0.29, 0.717) is 23.6 Å². The summed E-state index contributed by atoms with van der Waals surface area (Å²) in [6, 6.07) is 10.6. The first-order valence-electron chi connectivity index (χ1n) is 7.28. The van der Waals surface area contributed by atoms with Crippen molar-refractivity contribution in [3.63, 3.8) is 0 Å². The Labute approximate surface area is 129 Å². The number of hydrogen-bond acceptors (Lipinski definition) is 4. The number of pyridine rings is 1. The summed E-state index contributed by atoms with van der Waals surface area (Å²) in [7, 11) is 0. The molecule has 0 spiro atoms. The molecule has 1 amide bonds. The Kier molecular flexibility index (Phi) is 4.06. The van der Waals surface area contributed by atoms with Crippen LogP contribution in [0.4, 0.5) is 0 Å². The largest absolute Gasteiger partial charge is 0.456 e. The van der Waals surface area contributed by atoms with Gasteiger partial charge in [-0.2, -0.15) is 0 Å². The molecular weight excluding hydrogens is 280 g/mol. The number of carbonyl (C=O) groups is 1. The first-order chi connectivity index (χ1) is 10.7. The number of aliphatic hydroxyl groups excluding tert-OH is 1. The van der Waals surface area contributed by atoms with E-state index in [-0.39, 0.29) is 17.9 Å². The van der Waals surface area contributed by atoms with Crippen LogP contribution < -0.4 is 10.1 Å². The highest BCUT2D eigenvalue weighted by molar-refractivity contribution is 5.94. The van der Waals surface area contributed by atoms with Crippen molar-refractivity contribution in [3.05, 3.63) is 54.4 Å². The number of benzene rings is 1. The predicted molar refractivity (Wildman–Crippen MR) is 81.8 cm³/mol. The van der Waals surface area contributed by atoms with Crippen molar-refractivity contribution in [3.8, 4) is 11.5 Å². The molecule has 22 heavy (non-hydrogen) atoms. The first-order valence-corrected chi connectivity index (χ1v) is 7.28. The maximum atomic E-state index is 12.1. The number of aromatic nitrogens is 1. The quantitative estimate of drug-likeness (QED) is 0.859. The summed E-state index contributed by atoms with van der Waals surface area (Å²) < 4.78 is 5.63. The highest BCUT2D eigenvalue weighted by atomic mass is 16.5. The standard InChI is InChI=1S/C17H18N2O3/c20-12-17(7-8-17)11-19-16(21)13-3-5-14(6-4-13)22-15-2-1-9-18-10-15/h1-6,9-10,20H,7-8,11-12H2,(H,19,21). The lowest BCUT2D eigenvalue weighted by atomic mass is 10.1. The van der Waals surface area contributed by atoms with Crippen LogP contribution in [0.5, 0.6) is 11.5 Å².